The van der Waals surface area contributed by atoms with Crippen LogP contribution in [0.2, 0.25) is 0 Å². The normalized spacial score (nSPS) is 20.3. The van der Waals surface area contributed by atoms with Crippen LogP contribution in [0.4, 0.5) is 13.2 Å². The first-order valence-corrected chi connectivity index (χ1v) is 12.2. The highest BCUT2D eigenvalue weighted by Crippen LogP contribution is 2.39. The number of para-hydroxylation sites is 1. The molecule has 7 heteroatoms. The Bertz CT molecular complexity index is 1240. The molecule has 0 aliphatic carbocycles. The molecule has 5 rings (SSSR count). The summed E-state index contributed by atoms with van der Waals surface area (Å²) in [4.78, 5) is 17.5. The van der Waals surface area contributed by atoms with Gasteiger partial charge >= 0.3 is 6.18 Å². The molecule has 0 saturated carbocycles. The first kappa shape index (κ1) is 24.4. The molecule has 0 N–H and O–H groups in total. The van der Waals surface area contributed by atoms with Crippen molar-refractivity contribution in [3.63, 3.8) is 0 Å². The Labute approximate surface area is 209 Å². The van der Waals surface area contributed by atoms with Gasteiger partial charge in [0.2, 0.25) is 0 Å². The van der Waals surface area contributed by atoms with Gasteiger partial charge in [0.25, 0.3) is 5.91 Å². The lowest BCUT2D eigenvalue weighted by Gasteiger charge is -2.32. The number of alkyl halides is 3. The molecule has 36 heavy (non-hydrogen) atoms. The third-order valence-corrected chi connectivity index (χ3v) is 7.41. The van der Waals surface area contributed by atoms with Crippen molar-refractivity contribution in [1.82, 2.24) is 9.80 Å². The molecule has 1 fully saturated rings. The van der Waals surface area contributed by atoms with Crippen molar-refractivity contribution in [2.75, 3.05) is 33.3 Å². The molecule has 1 saturated heterocycles. The lowest BCUT2D eigenvalue weighted by atomic mass is 9.87. The number of carbonyl (C=O) groups excluding carboxylic acids is 1. The maximum atomic E-state index is 13.4. The van der Waals surface area contributed by atoms with Gasteiger partial charge in [-0.3, -0.25) is 9.69 Å². The second kappa shape index (κ2) is 9.97. The molecule has 4 nitrogen and oxygen atoms in total. The van der Waals surface area contributed by atoms with E-state index in [4.69, 9.17) is 4.74 Å². The standard InChI is InChI=1S/C29H29F3N2O2/c1-36-27-12-5-4-11-25(27)26-19-34(28(35)21-9-6-10-24(15-21)29(30,31)32)18-23(26)17-33-14-13-20-7-2-3-8-22(20)16-33/h2-12,15,23,26H,13-14,16-19H2,1H3. The lowest BCUT2D eigenvalue weighted by molar-refractivity contribution is -0.137. The number of ether oxygens (including phenoxy) is 1. The Hall–Kier alpha value is -3.32. The van der Waals surface area contributed by atoms with E-state index in [-0.39, 0.29) is 23.3 Å². The summed E-state index contributed by atoms with van der Waals surface area (Å²) in [7, 11) is 1.63. The number of methoxy groups -OCH3 is 1. The van der Waals surface area contributed by atoms with Crippen molar-refractivity contribution in [2.45, 2.75) is 25.1 Å². The summed E-state index contributed by atoms with van der Waals surface area (Å²) >= 11 is 0. The van der Waals surface area contributed by atoms with Crippen molar-refractivity contribution in [2.24, 2.45) is 5.92 Å². The van der Waals surface area contributed by atoms with E-state index in [1.807, 2.05) is 24.3 Å². The quantitative estimate of drug-likeness (QED) is 0.461. The van der Waals surface area contributed by atoms with Gasteiger partial charge < -0.3 is 9.64 Å². The second-order valence-corrected chi connectivity index (χ2v) is 9.65. The van der Waals surface area contributed by atoms with Crippen molar-refractivity contribution in [1.29, 1.82) is 0 Å². The molecular formula is C29H29F3N2O2. The van der Waals surface area contributed by atoms with Gasteiger partial charge in [0.15, 0.2) is 0 Å². The fourth-order valence-electron chi connectivity index (χ4n) is 5.60. The van der Waals surface area contributed by atoms with Crippen LogP contribution in [0.3, 0.4) is 0 Å². The van der Waals surface area contributed by atoms with E-state index in [1.54, 1.807) is 12.0 Å². The number of halogens is 3. The molecule has 2 unspecified atom stereocenters. The molecule has 0 aromatic heterocycles. The Morgan fingerprint density at radius 1 is 0.972 bits per heavy atom. The fraction of sp³-hybridized carbons (Fsp3) is 0.345. The van der Waals surface area contributed by atoms with E-state index in [1.165, 1.54) is 23.3 Å². The fourth-order valence-corrected chi connectivity index (χ4v) is 5.60. The van der Waals surface area contributed by atoms with Crippen LogP contribution in [0.5, 0.6) is 5.75 Å². The lowest BCUT2D eigenvalue weighted by Crippen LogP contribution is -2.37. The van der Waals surface area contributed by atoms with Gasteiger partial charge in [-0.2, -0.15) is 13.2 Å². The number of nitrogens with zero attached hydrogens (tertiary/aromatic N) is 2. The molecule has 2 heterocycles. The van der Waals surface area contributed by atoms with Gasteiger partial charge in [0.1, 0.15) is 5.75 Å². The summed E-state index contributed by atoms with van der Waals surface area (Å²) in [5.41, 5.74) is 2.99. The average molecular weight is 495 g/mol. The highest BCUT2D eigenvalue weighted by Gasteiger charge is 2.39. The molecule has 1 amide bonds. The van der Waals surface area contributed by atoms with Crippen LogP contribution in [0, 0.1) is 5.92 Å². The summed E-state index contributed by atoms with van der Waals surface area (Å²) in [6, 6.07) is 21.0. The number of likely N-dealkylation sites (tertiary alicyclic amines) is 1. The SMILES string of the molecule is COc1ccccc1C1CN(C(=O)c2cccc(C(F)(F)F)c2)CC1CN1CCc2ccccc2C1. The number of rotatable bonds is 5. The van der Waals surface area contributed by atoms with Crippen LogP contribution in [0.15, 0.2) is 72.8 Å². The topological polar surface area (TPSA) is 32.8 Å². The summed E-state index contributed by atoms with van der Waals surface area (Å²) in [5.74, 6) is 0.548. The Morgan fingerprint density at radius 3 is 2.50 bits per heavy atom. The van der Waals surface area contributed by atoms with Gasteiger partial charge in [-0.05, 0) is 53.3 Å². The van der Waals surface area contributed by atoms with Crippen LogP contribution < -0.4 is 4.74 Å². The number of carbonyl (C=O) groups is 1. The zero-order valence-electron chi connectivity index (χ0n) is 20.2. The molecule has 0 radical (unpaired) electrons. The zero-order chi connectivity index (χ0) is 25.3. The number of fused-ring (bicyclic) bond motifs is 1. The highest BCUT2D eigenvalue weighted by molar-refractivity contribution is 5.94. The van der Waals surface area contributed by atoms with Gasteiger partial charge in [-0.15, -0.1) is 0 Å². The minimum atomic E-state index is -4.49. The van der Waals surface area contributed by atoms with Gasteiger partial charge in [0, 0.05) is 44.2 Å². The molecule has 0 spiro atoms. The number of benzene rings is 3. The minimum absolute atomic E-state index is 0.0214. The molecule has 188 valence electrons. The number of amides is 1. The first-order valence-electron chi connectivity index (χ1n) is 12.2. The summed E-state index contributed by atoms with van der Waals surface area (Å²) in [6.07, 6.45) is -3.51. The summed E-state index contributed by atoms with van der Waals surface area (Å²) < 4.78 is 45.4. The molecule has 2 atom stereocenters. The van der Waals surface area contributed by atoms with Crippen molar-refractivity contribution < 1.29 is 22.7 Å². The van der Waals surface area contributed by atoms with E-state index < -0.39 is 11.7 Å². The second-order valence-electron chi connectivity index (χ2n) is 9.65. The predicted molar refractivity (Wildman–Crippen MR) is 132 cm³/mol. The highest BCUT2D eigenvalue weighted by atomic mass is 19.4. The van der Waals surface area contributed by atoms with E-state index >= 15 is 0 Å². The van der Waals surface area contributed by atoms with Crippen LogP contribution in [-0.4, -0.2) is 49.0 Å². The van der Waals surface area contributed by atoms with E-state index in [9.17, 15) is 18.0 Å². The maximum Gasteiger partial charge on any atom is 0.416 e. The first-order chi connectivity index (χ1) is 17.3. The predicted octanol–water partition coefficient (Wildman–Crippen LogP) is 5.63. The third kappa shape index (κ3) is 4.98. The Kier molecular flexibility index (Phi) is 6.75. The van der Waals surface area contributed by atoms with Gasteiger partial charge in [-0.25, -0.2) is 0 Å². The van der Waals surface area contributed by atoms with Crippen LogP contribution in [-0.2, 0) is 19.1 Å². The summed E-state index contributed by atoms with van der Waals surface area (Å²) in [6.45, 7) is 3.50. The van der Waals surface area contributed by atoms with E-state index in [0.29, 0.717) is 13.1 Å². The Morgan fingerprint density at radius 2 is 1.72 bits per heavy atom. The van der Waals surface area contributed by atoms with E-state index in [0.717, 1.165) is 49.5 Å². The molecule has 3 aromatic carbocycles. The summed E-state index contributed by atoms with van der Waals surface area (Å²) in [5, 5.41) is 0. The zero-order valence-corrected chi connectivity index (χ0v) is 20.2. The van der Waals surface area contributed by atoms with Crippen LogP contribution in [0.1, 0.15) is 38.5 Å². The van der Waals surface area contributed by atoms with Crippen molar-refractivity contribution in [3.05, 3.63) is 101 Å². The van der Waals surface area contributed by atoms with Crippen LogP contribution in [0.25, 0.3) is 0 Å². The van der Waals surface area contributed by atoms with Crippen molar-refractivity contribution in [3.8, 4) is 5.75 Å². The molecule has 3 aromatic rings. The monoisotopic (exact) mass is 494 g/mol. The average Bonchev–Trinajstić information content (AvgIpc) is 3.31. The molecule has 2 aliphatic heterocycles. The maximum absolute atomic E-state index is 13.4. The van der Waals surface area contributed by atoms with Gasteiger partial charge in [0.05, 0.1) is 12.7 Å². The molecular weight excluding hydrogens is 465 g/mol. The van der Waals surface area contributed by atoms with E-state index in [2.05, 4.69) is 29.2 Å². The number of hydrogen-bond acceptors (Lipinski definition) is 3. The number of hydrogen-bond donors (Lipinski definition) is 0. The van der Waals surface area contributed by atoms with Crippen LogP contribution >= 0.6 is 0 Å². The molecule has 0 bridgehead atoms. The van der Waals surface area contributed by atoms with Crippen molar-refractivity contribution >= 4 is 5.91 Å². The Balaban J connectivity index is 1.40. The third-order valence-electron chi connectivity index (χ3n) is 7.41. The smallest absolute Gasteiger partial charge is 0.416 e. The minimum Gasteiger partial charge on any atom is -0.496 e. The molecule has 2 aliphatic rings. The largest absolute Gasteiger partial charge is 0.496 e. The van der Waals surface area contributed by atoms with Gasteiger partial charge in [-0.1, -0.05) is 48.5 Å².